The van der Waals surface area contributed by atoms with Crippen LogP contribution in [0.3, 0.4) is 0 Å². The molecule has 4 aromatic rings. The summed E-state index contributed by atoms with van der Waals surface area (Å²) in [5, 5.41) is 10.8. The number of nitrogens with one attached hydrogen (secondary N) is 1. The third-order valence-electron chi connectivity index (χ3n) is 5.21. The number of aromatic nitrogens is 4. The van der Waals surface area contributed by atoms with Crippen molar-refractivity contribution in [3.63, 3.8) is 0 Å². The van der Waals surface area contributed by atoms with Crippen LogP contribution in [0.15, 0.2) is 46.9 Å². The maximum Gasteiger partial charge on any atom is 0.280 e. The quantitative estimate of drug-likeness (QED) is 0.440. The number of amides is 1. The van der Waals surface area contributed by atoms with Crippen molar-refractivity contribution in [2.75, 3.05) is 25.3 Å². The van der Waals surface area contributed by atoms with Crippen LogP contribution in [0.5, 0.6) is 11.5 Å². The second kappa shape index (κ2) is 9.03. The average Bonchev–Trinajstić information content (AvgIpc) is 3.37. The number of oxazole rings is 1. The molecule has 33 heavy (non-hydrogen) atoms. The standard InChI is InChI=1S/C23H24N6O4/c1-13-8-5-6-10-16(13)25-22(30)19-21(24)29(28-27-19)12-17-14(2)33-23(26-17)15-9-7-11-18(31-3)20(15)32-4/h5-11H,12,24H2,1-4H3,(H,25,30). The summed E-state index contributed by atoms with van der Waals surface area (Å²) in [5.41, 5.74) is 9.07. The summed E-state index contributed by atoms with van der Waals surface area (Å²) < 4.78 is 18.1. The number of benzene rings is 2. The summed E-state index contributed by atoms with van der Waals surface area (Å²) in [6, 6.07) is 12.9. The molecule has 0 aliphatic carbocycles. The summed E-state index contributed by atoms with van der Waals surface area (Å²) in [6.07, 6.45) is 0. The Morgan fingerprint density at radius 1 is 1.12 bits per heavy atom. The van der Waals surface area contributed by atoms with Crippen molar-refractivity contribution >= 4 is 17.4 Å². The molecule has 0 unspecified atom stereocenters. The van der Waals surface area contributed by atoms with Gasteiger partial charge < -0.3 is 24.9 Å². The maximum absolute atomic E-state index is 12.7. The highest BCUT2D eigenvalue weighted by molar-refractivity contribution is 6.06. The summed E-state index contributed by atoms with van der Waals surface area (Å²) >= 11 is 0. The van der Waals surface area contributed by atoms with Gasteiger partial charge in [0.15, 0.2) is 23.0 Å². The average molecular weight is 448 g/mol. The minimum absolute atomic E-state index is 0.0362. The number of nitrogen functional groups attached to an aromatic ring is 1. The van der Waals surface area contributed by atoms with E-state index < -0.39 is 5.91 Å². The lowest BCUT2D eigenvalue weighted by Gasteiger charge is -2.09. The predicted octanol–water partition coefficient (Wildman–Crippen LogP) is 3.45. The molecule has 0 aliphatic heterocycles. The molecule has 2 aromatic heterocycles. The molecule has 0 bridgehead atoms. The Bertz CT molecular complexity index is 1310. The SMILES string of the molecule is COc1cccc(-c2nc(Cn3nnc(C(=O)Nc4ccccc4C)c3N)c(C)o2)c1OC. The number of hydrogen-bond acceptors (Lipinski definition) is 8. The minimum atomic E-state index is -0.438. The van der Waals surface area contributed by atoms with Crippen molar-refractivity contribution in [3.05, 3.63) is 65.2 Å². The van der Waals surface area contributed by atoms with E-state index in [1.807, 2.05) is 37.3 Å². The molecule has 0 radical (unpaired) electrons. The van der Waals surface area contributed by atoms with Gasteiger partial charge >= 0.3 is 0 Å². The molecule has 2 heterocycles. The van der Waals surface area contributed by atoms with Gasteiger partial charge in [0, 0.05) is 5.69 Å². The Morgan fingerprint density at radius 3 is 2.64 bits per heavy atom. The highest BCUT2D eigenvalue weighted by Gasteiger charge is 2.22. The van der Waals surface area contributed by atoms with Crippen LogP contribution in [-0.4, -0.2) is 40.1 Å². The molecule has 0 atom stereocenters. The van der Waals surface area contributed by atoms with Crippen LogP contribution in [-0.2, 0) is 6.54 Å². The fourth-order valence-corrected chi connectivity index (χ4v) is 3.38. The van der Waals surface area contributed by atoms with Crippen molar-refractivity contribution in [3.8, 4) is 23.0 Å². The van der Waals surface area contributed by atoms with Crippen LogP contribution in [0.2, 0.25) is 0 Å². The van der Waals surface area contributed by atoms with Gasteiger partial charge in [-0.25, -0.2) is 9.67 Å². The van der Waals surface area contributed by atoms with Gasteiger partial charge in [0.25, 0.3) is 5.91 Å². The van der Waals surface area contributed by atoms with E-state index in [1.54, 1.807) is 33.3 Å². The van der Waals surface area contributed by atoms with Crippen molar-refractivity contribution in [2.45, 2.75) is 20.4 Å². The van der Waals surface area contributed by atoms with E-state index in [9.17, 15) is 4.79 Å². The van der Waals surface area contributed by atoms with Crippen molar-refractivity contribution < 1.29 is 18.7 Å². The van der Waals surface area contributed by atoms with E-state index in [-0.39, 0.29) is 18.1 Å². The van der Waals surface area contributed by atoms with Gasteiger partial charge in [-0.15, -0.1) is 5.10 Å². The lowest BCUT2D eigenvalue weighted by Crippen LogP contribution is -2.16. The highest BCUT2D eigenvalue weighted by atomic mass is 16.5. The van der Waals surface area contributed by atoms with Crippen LogP contribution in [0.25, 0.3) is 11.5 Å². The smallest absolute Gasteiger partial charge is 0.280 e. The van der Waals surface area contributed by atoms with E-state index in [1.165, 1.54) is 4.68 Å². The van der Waals surface area contributed by atoms with Gasteiger partial charge in [-0.1, -0.05) is 29.5 Å². The fourth-order valence-electron chi connectivity index (χ4n) is 3.38. The second-order valence-corrected chi connectivity index (χ2v) is 7.31. The van der Waals surface area contributed by atoms with Crippen LogP contribution in [0.1, 0.15) is 27.5 Å². The Morgan fingerprint density at radius 2 is 1.91 bits per heavy atom. The Hall–Kier alpha value is -4.34. The second-order valence-electron chi connectivity index (χ2n) is 7.31. The fraction of sp³-hybridized carbons (Fsp3) is 0.217. The highest BCUT2D eigenvalue weighted by Crippen LogP contribution is 2.38. The molecule has 10 heteroatoms. The van der Waals surface area contributed by atoms with Crippen molar-refractivity contribution in [1.29, 1.82) is 0 Å². The zero-order valence-corrected chi connectivity index (χ0v) is 18.7. The third kappa shape index (κ3) is 4.22. The molecule has 10 nitrogen and oxygen atoms in total. The van der Waals surface area contributed by atoms with Crippen LogP contribution in [0, 0.1) is 13.8 Å². The number of aryl methyl sites for hydroxylation is 2. The summed E-state index contributed by atoms with van der Waals surface area (Å²) in [5.74, 6) is 1.72. The largest absolute Gasteiger partial charge is 0.493 e. The van der Waals surface area contributed by atoms with E-state index in [2.05, 4.69) is 20.6 Å². The number of hydrogen-bond donors (Lipinski definition) is 2. The molecule has 0 saturated carbocycles. The molecule has 2 aromatic carbocycles. The molecule has 170 valence electrons. The lowest BCUT2D eigenvalue weighted by molar-refractivity contribution is 0.102. The van der Waals surface area contributed by atoms with Crippen LogP contribution in [0.4, 0.5) is 11.5 Å². The zero-order chi connectivity index (χ0) is 23.5. The van der Waals surface area contributed by atoms with Gasteiger partial charge in [0.2, 0.25) is 5.89 Å². The third-order valence-corrected chi connectivity index (χ3v) is 5.21. The number of carbonyl (C=O) groups excluding carboxylic acids is 1. The topological polar surface area (TPSA) is 130 Å². The van der Waals surface area contributed by atoms with Crippen molar-refractivity contribution in [2.24, 2.45) is 0 Å². The van der Waals surface area contributed by atoms with Gasteiger partial charge in [-0.05, 0) is 37.6 Å². The van der Waals surface area contributed by atoms with Gasteiger partial charge in [0.05, 0.1) is 26.3 Å². The number of ether oxygens (including phenoxy) is 2. The first-order valence-corrected chi connectivity index (χ1v) is 10.2. The molecule has 0 saturated heterocycles. The maximum atomic E-state index is 12.7. The molecule has 0 fully saturated rings. The number of methoxy groups -OCH3 is 2. The molecular formula is C23H24N6O4. The summed E-state index contributed by atoms with van der Waals surface area (Å²) in [7, 11) is 3.12. The number of nitrogens with two attached hydrogens (primary N) is 1. The number of rotatable bonds is 7. The Balaban J connectivity index is 1.58. The minimum Gasteiger partial charge on any atom is -0.493 e. The zero-order valence-electron chi connectivity index (χ0n) is 18.7. The molecule has 1 amide bonds. The molecule has 4 rings (SSSR count). The van der Waals surface area contributed by atoms with E-state index in [4.69, 9.17) is 19.6 Å². The lowest BCUT2D eigenvalue weighted by atomic mass is 10.2. The number of carbonyl (C=O) groups is 1. The number of para-hydroxylation sites is 2. The van der Waals surface area contributed by atoms with Crippen molar-refractivity contribution in [1.82, 2.24) is 20.0 Å². The molecular weight excluding hydrogens is 424 g/mol. The summed E-state index contributed by atoms with van der Waals surface area (Å²) in [6.45, 7) is 3.87. The normalized spacial score (nSPS) is 10.8. The first-order valence-electron chi connectivity index (χ1n) is 10.2. The van der Waals surface area contributed by atoms with E-state index >= 15 is 0 Å². The monoisotopic (exact) mass is 448 g/mol. The summed E-state index contributed by atoms with van der Waals surface area (Å²) in [4.78, 5) is 17.3. The molecule has 0 aliphatic rings. The molecule has 0 spiro atoms. The predicted molar refractivity (Wildman–Crippen MR) is 122 cm³/mol. The number of anilines is 2. The first kappa shape index (κ1) is 21.9. The van der Waals surface area contributed by atoms with Crippen LogP contribution >= 0.6 is 0 Å². The van der Waals surface area contributed by atoms with E-state index in [0.29, 0.717) is 40.1 Å². The Labute approximate surface area is 190 Å². The molecule has 3 N–H and O–H groups in total. The van der Waals surface area contributed by atoms with Gasteiger partial charge in [-0.3, -0.25) is 4.79 Å². The number of nitrogens with zero attached hydrogens (tertiary/aromatic N) is 4. The Kier molecular flexibility index (Phi) is 5.99. The van der Waals surface area contributed by atoms with Gasteiger partial charge in [-0.2, -0.15) is 0 Å². The van der Waals surface area contributed by atoms with E-state index in [0.717, 1.165) is 5.56 Å². The first-order chi connectivity index (χ1) is 15.9. The van der Waals surface area contributed by atoms with Crippen LogP contribution < -0.4 is 20.5 Å². The van der Waals surface area contributed by atoms with Gasteiger partial charge in [0.1, 0.15) is 11.5 Å².